The lowest BCUT2D eigenvalue weighted by molar-refractivity contribution is -0.356. The first-order valence-corrected chi connectivity index (χ1v) is 30.7. The normalized spacial score (nSPS) is 29.4. The maximum Gasteiger partial charge on any atom is 0.303 e. The molecule has 0 amide bonds. The molecule has 2 N–H and O–H groups in total. The molecule has 102 heavy (non-hydrogen) atoms. The number of rotatable bonds is 26. The van der Waals surface area contributed by atoms with Crippen LogP contribution in [-0.4, -0.2) is 255 Å². The molecule has 1 aromatic rings. The summed E-state index contributed by atoms with van der Waals surface area (Å²) >= 11 is 0. The van der Waals surface area contributed by atoms with Crippen LogP contribution in [0.3, 0.4) is 0 Å². The molecule has 5 aliphatic rings. The predicted molar refractivity (Wildman–Crippen MR) is 315 cm³/mol. The van der Waals surface area contributed by atoms with Crippen LogP contribution >= 0.6 is 0 Å². The van der Waals surface area contributed by atoms with Gasteiger partial charge >= 0.3 is 83.6 Å². The van der Waals surface area contributed by atoms with Gasteiger partial charge in [-0.1, -0.05) is 0 Å². The summed E-state index contributed by atoms with van der Waals surface area (Å²) in [5, 5.41) is 24.9. The number of fused-ring (bicyclic) bond motifs is 1. The molecule has 562 valence electrons. The van der Waals surface area contributed by atoms with Crippen molar-refractivity contribution in [2.45, 2.75) is 220 Å². The van der Waals surface area contributed by atoms with Crippen LogP contribution in [0.5, 0.6) is 23.0 Å². The van der Waals surface area contributed by atoms with E-state index in [0.29, 0.717) is 12.2 Å². The average molecular weight is 1460 g/mol. The van der Waals surface area contributed by atoms with E-state index in [1.165, 1.54) is 0 Å². The second-order valence-corrected chi connectivity index (χ2v) is 22.7. The summed E-state index contributed by atoms with van der Waals surface area (Å²) in [6.45, 7) is 8.74. The molecule has 20 unspecified atom stereocenters. The van der Waals surface area contributed by atoms with Crippen molar-refractivity contribution < 1.29 is 191 Å². The van der Waals surface area contributed by atoms with Gasteiger partial charge in [0.25, 0.3) is 0 Å². The molecule has 40 nitrogen and oxygen atoms in total. The number of allylic oxidation sites excluding steroid dienone is 2. The zero-order chi connectivity index (χ0) is 76.0. The van der Waals surface area contributed by atoms with Gasteiger partial charge in [-0.05, 0) is 12.2 Å². The maximum atomic E-state index is 13.9. The minimum atomic E-state index is -2.52. The molecular weight excluding hydrogens is 1380 g/mol. The summed E-state index contributed by atoms with van der Waals surface area (Å²) in [7, 11) is 0. The Labute approximate surface area is 577 Å². The van der Waals surface area contributed by atoms with Crippen LogP contribution in [0.15, 0.2) is 12.2 Å². The number of aromatic hydroxyl groups is 2. The highest BCUT2D eigenvalue weighted by Crippen LogP contribution is 2.53. The van der Waals surface area contributed by atoms with Crippen LogP contribution in [-0.2, 0) is 162 Å². The highest BCUT2D eigenvalue weighted by Gasteiger charge is 2.61. The van der Waals surface area contributed by atoms with Gasteiger partial charge in [0, 0.05) is 96.9 Å². The largest absolute Gasteiger partial charge is 0.504 e. The van der Waals surface area contributed by atoms with Crippen molar-refractivity contribution in [2.24, 2.45) is 0 Å². The van der Waals surface area contributed by atoms with E-state index in [9.17, 15) is 86.9 Å². The van der Waals surface area contributed by atoms with Crippen LogP contribution < -0.4 is 9.47 Å². The first-order chi connectivity index (χ1) is 47.8. The summed E-state index contributed by atoms with van der Waals surface area (Å²) in [4.78, 5) is 208. The smallest absolute Gasteiger partial charge is 0.303 e. The Morgan fingerprint density at radius 1 is 0.284 bits per heavy atom. The lowest BCUT2D eigenvalue weighted by Gasteiger charge is -2.49. The van der Waals surface area contributed by atoms with E-state index in [1.807, 2.05) is 0 Å². The zero-order valence-corrected chi connectivity index (χ0v) is 56.9. The maximum absolute atomic E-state index is 13.9. The Kier molecular flexibility index (Phi) is 28.1. The Morgan fingerprint density at radius 2 is 0.480 bits per heavy atom. The topological polar surface area (TPSA) is 517 Å². The summed E-state index contributed by atoms with van der Waals surface area (Å²) in [6, 6.07) is 0. The van der Waals surface area contributed by atoms with Gasteiger partial charge < -0.3 is 114 Å². The third kappa shape index (κ3) is 21.2. The van der Waals surface area contributed by atoms with Crippen LogP contribution in [0.2, 0.25) is 0 Å². The number of esters is 14. The fourth-order valence-corrected chi connectivity index (χ4v) is 11.1. The number of hydrogen-bond acceptors (Lipinski definition) is 40. The van der Waals surface area contributed by atoms with Gasteiger partial charge in [-0.25, -0.2) is 0 Å². The minimum absolute atomic E-state index is 0.643. The monoisotopic (exact) mass is 1460 g/mol. The molecule has 4 saturated heterocycles. The highest BCUT2D eigenvalue weighted by atomic mass is 16.8. The van der Waals surface area contributed by atoms with Crippen LogP contribution in [0.25, 0.3) is 0 Å². The SMILES string of the molecule is CC(=O)OCC1OC(OC2C(COC(C)=O)OC(Oc3c(O)c4c(c(O)c3OC3OC(COC(C)=O)C(OC5OC(COC(C)=O)C(OC(C)=O)C(OC(C)=O)C5OC(C)=O)C(OC(C)=O)C3OC(C)=O)C(=O)C=CC4=O)C(OC(C)=O)C2OC(C)=O)C(OC(C)=O)C(OC(C)=O)C1OC(C)=O. The van der Waals surface area contributed by atoms with E-state index in [2.05, 4.69) is 0 Å². The van der Waals surface area contributed by atoms with Crippen molar-refractivity contribution in [2.75, 3.05) is 26.4 Å². The number of ketones is 2. The van der Waals surface area contributed by atoms with E-state index < -0.39 is 279 Å². The third-order valence-corrected chi connectivity index (χ3v) is 14.5. The lowest BCUT2D eigenvalue weighted by atomic mass is 9.91. The molecule has 4 aliphatic heterocycles. The summed E-state index contributed by atoms with van der Waals surface area (Å²) < 4.78 is 127. The third-order valence-electron chi connectivity index (χ3n) is 14.5. The zero-order valence-electron chi connectivity index (χ0n) is 56.9. The van der Waals surface area contributed by atoms with E-state index in [-0.39, 0.29) is 0 Å². The fourth-order valence-electron chi connectivity index (χ4n) is 11.1. The first-order valence-electron chi connectivity index (χ1n) is 30.7. The van der Waals surface area contributed by atoms with Gasteiger partial charge in [-0.2, -0.15) is 0 Å². The number of phenolic OH excluding ortho intramolecular Hbond substituents is 2. The lowest BCUT2D eigenvalue weighted by Crippen LogP contribution is -2.67. The van der Waals surface area contributed by atoms with Crippen LogP contribution in [0.1, 0.15) is 118 Å². The van der Waals surface area contributed by atoms with Crippen LogP contribution in [0.4, 0.5) is 0 Å². The molecular formula is C62H74O40. The van der Waals surface area contributed by atoms with Crippen molar-refractivity contribution in [1.82, 2.24) is 0 Å². The van der Waals surface area contributed by atoms with Crippen molar-refractivity contribution >= 4 is 95.1 Å². The summed E-state index contributed by atoms with van der Waals surface area (Å²) in [5.41, 5.74) is -2.10. The second kappa shape index (κ2) is 35.4. The van der Waals surface area contributed by atoms with Crippen LogP contribution in [0, 0.1) is 0 Å². The average Bonchev–Trinajstić information content (AvgIpc) is 0.652. The number of carbonyl (C=O) groups excluding carboxylic acids is 16. The number of ether oxygens (including phenoxy) is 22. The van der Waals surface area contributed by atoms with Gasteiger partial charge in [-0.15, -0.1) is 0 Å². The van der Waals surface area contributed by atoms with Crippen molar-refractivity contribution in [1.29, 1.82) is 0 Å². The van der Waals surface area contributed by atoms with Gasteiger partial charge in [0.15, 0.2) is 84.5 Å². The van der Waals surface area contributed by atoms with E-state index in [4.69, 9.17) is 104 Å². The molecule has 40 heteroatoms. The van der Waals surface area contributed by atoms with Crippen molar-refractivity contribution in [3.05, 3.63) is 23.3 Å². The fraction of sp³-hybridized carbons (Fsp3) is 0.613. The molecule has 0 saturated carbocycles. The Balaban J connectivity index is 1.58. The number of hydrogen-bond donors (Lipinski definition) is 2. The molecule has 1 aromatic carbocycles. The van der Waals surface area contributed by atoms with E-state index in [0.717, 1.165) is 96.9 Å². The predicted octanol–water partition coefficient (Wildman–Crippen LogP) is -0.970. The first kappa shape index (κ1) is 80.8. The van der Waals surface area contributed by atoms with Gasteiger partial charge in [0.05, 0.1) is 11.1 Å². The molecule has 4 fully saturated rings. The van der Waals surface area contributed by atoms with Gasteiger partial charge in [0.2, 0.25) is 36.3 Å². The Hall–Kier alpha value is -10.2. The molecule has 0 radical (unpaired) electrons. The molecule has 4 heterocycles. The van der Waals surface area contributed by atoms with Gasteiger partial charge in [-0.3, -0.25) is 76.7 Å². The molecule has 0 spiro atoms. The van der Waals surface area contributed by atoms with E-state index in [1.54, 1.807) is 0 Å². The van der Waals surface area contributed by atoms with E-state index >= 15 is 0 Å². The van der Waals surface area contributed by atoms with Gasteiger partial charge in [0.1, 0.15) is 63.1 Å². The summed E-state index contributed by atoms with van der Waals surface area (Å²) in [5.74, 6) is -23.6. The Bertz CT molecular complexity index is 3230. The second-order valence-electron chi connectivity index (χ2n) is 22.7. The molecule has 20 atom stereocenters. The van der Waals surface area contributed by atoms with Crippen molar-refractivity contribution in [3.8, 4) is 23.0 Å². The van der Waals surface area contributed by atoms with Crippen molar-refractivity contribution in [3.63, 3.8) is 0 Å². The number of carbonyl (C=O) groups is 16. The molecule has 0 aromatic heterocycles. The number of benzene rings is 1. The molecule has 0 bridgehead atoms. The molecule has 1 aliphatic carbocycles. The standard InChI is InChI=1S/C62H74O40/c1-21(63)81-17-37-45(85-25(5)67)51(87-27(7)69)55(91-31(11)73)59(95-37)99-47-39(19-83-23(3)65)97-61(57(93-33(13)75)53(47)89-29(9)71)101-49-43(79)41-35(77)15-16-36(78)42(41)44(80)50(49)102-62-58(94-34(14)76)54(90-30(10)72)48(40(98-62)20-84-24(4)66)100-60-56(92-32(12)74)52(88-28(8)70)46(86-26(6)68)38(96-60)18-82-22(2)64/h15-16,37-40,45-48,51-62,79-80H,17-20H2,1-14H3. The summed E-state index contributed by atoms with van der Waals surface area (Å²) in [6.07, 6.45) is -40.5. The quantitative estimate of drug-likeness (QED) is 0.0640. The molecule has 6 rings (SSSR count). The Morgan fingerprint density at radius 3 is 0.716 bits per heavy atom. The number of phenols is 2. The minimum Gasteiger partial charge on any atom is -0.504 e. The highest BCUT2D eigenvalue weighted by molar-refractivity contribution is 6.25.